The molecule has 2 heterocycles. The van der Waals surface area contributed by atoms with Crippen LogP contribution in [0.2, 0.25) is 0 Å². The molecule has 0 saturated heterocycles. The molecule has 0 atom stereocenters. The van der Waals surface area contributed by atoms with Crippen molar-refractivity contribution in [1.29, 1.82) is 0 Å². The Hall–Kier alpha value is -2.80. The molecule has 2 amide bonds. The zero-order valence-electron chi connectivity index (χ0n) is 14.5. The van der Waals surface area contributed by atoms with Gasteiger partial charge >= 0.3 is 0 Å². The maximum absolute atomic E-state index is 12.5. The number of H-pyrrole nitrogens is 1. The van der Waals surface area contributed by atoms with E-state index in [9.17, 15) is 9.59 Å². The highest BCUT2D eigenvalue weighted by Gasteiger charge is 2.16. The molecule has 0 unspecified atom stereocenters. The predicted molar refractivity (Wildman–Crippen MR) is 95.7 cm³/mol. The number of furan rings is 1. The van der Waals surface area contributed by atoms with E-state index in [1.165, 1.54) is 6.26 Å². The summed E-state index contributed by atoms with van der Waals surface area (Å²) in [5, 5.41) is 5.44. The van der Waals surface area contributed by atoms with E-state index in [-0.39, 0.29) is 17.4 Å². The summed E-state index contributed by atoms with van der Waals surface area (Å²) in [6.07, 6.45) is 4.75. The fourth-order valence-electron chi connectivity index (χ4n) is 2.30. The van der Waals surface area contributed by atoms with E-state index in [0.717, 1.165) is 19.6 Å². The molecule has 0 aromatic carbocycles. The van der Waals surface area contributed by atoms with Crippen molar-refractivity contribution in [2.75, 3.05) is 26.2 Å². The summed E-state index contributed by atoms with van der Waals surface area (Å²) >= 11 is 0. The van der Waals surface area contributed by atoms with Gasteiger partial charge in [0.25, 0.3) is 11.8 Å². The van der Waals surface area contributed by atoms with Crippen molar-refractivity contribution in [3.63, 3.8) is 0 Å². The summed E-state index contributed by atoms with van der Waals surface area (Å²) in [5.74, 6) is -0.670. The van der Waals surface area contributed by atoms with Gasteiger partial charge in [-0.15, -0.1) is 0 Å². The molecule has 2 aromatic rings. The minimum absolute atomic E-state index is 0.147. The third-order valence-electron chi connectivity index (χ3n) is 3.77. The maximum atomic E-state index is 12.5. The van der Waals surface area contributed by atoms with Crippen molar-refractivity contribution in [2.24, 2.45) is 0 Å². The number of hydrogen-bond acceptors (Lipinski definition) is 4. The van der Waals surface area contributed by atoms with Gasteiger partial charge in [0.05, 0.1) is 6.26 Å². The lowest BCUT2D eigenvalue weighted by molar-refractivity contribution is -0.117. The van der Waals surface area contributed by atoms with Crippen LogP contribution in [0.5, 0.6) is 0 Å². The first-order valence-corrected chi connectivity index (χ1v) is 8.34. The van der Waals surface area contributed by atoms with Crippen molar-refractivity contribution in [2.45, 2.75) is 13.8 Å². The van der Waals surface area contributed by atoms with Crippen LogP contribution in [-0.4, -0.2) is 47.9 Å². The number of aromatic nitrogens is 1. The van der Waals surface area contributed by atoms with Crippen LogP contribution in [0.15, 0.2) is 46.8 Å². The normalized spacial score (nSPS) is 11.6. The number of aromatic amines is 1. The fraction of sp³-hybridized carbons (Fsp3) is 0.333. The standard InChI is InChI=1S/C18H24N4O3/c1-3-22(4-2)11-10-20-17(23)15(13-14-7-5-9-19-14)21-18(24)16-8-6-12-25-16/h5-9,12-13,19H,3-4,10-11H2,1-2H3,(H,20,23)(H,21,24). The Kier molecular flexibility index (Phi) is 7.03. The van der Waals surface area contributed by atoms with Gasteiger partial charge in [-0.05, 0) is 43.4 Å². The van der Waals surface area contributed by atoms with Gasteiger partial charge in [0.2, 0.25) is 0 Å². The number of rotatable bonds is 9. The second-order valence-corrected chi connectivity index (χ2v) is 5.40. The number of amides is 2. The number of nitrogens with one attached hydrogen (secondary N) is 3. The number of hydrogen-bond donors (Lipinski definition) is 3. The van der Waals surface area contributed by atoms with Crippen LogP contribution >= 0.6 is 0 Å². The summed E-state index contributed by atoms with van der Waals surface area (Å²) in [4.78, 5) is 29.8. The molecule has 0 aliphatic rings. The van der Waals surface area contributed by atoms with Gasteiger partial charge in [0, 0.05) is 25.0 Å². The Morgan fingerprint density at radius 1 is 1.24 bits per heavy atom. The summed E-state index contributed by atoms with van der Waals surface area (Å²) in [5.41, 5.74) is 0.872. The Morgan fingerprint density at radius 3 is 2.64 bits per heavy atom. The topological polar surface area (TPSA) is 90.4 Å². The Morgan fingerprint density at radius 2 is 2.04 bits per heavy atom. The quantitative estimate of drug-likeness (QED) is 0.606. The summed E-state index contributed by atoms with van der Waals surface area (Å²) in [7, 11) is 0. The van der Waals surface area contributed by atoms with Crippen LogP contribution in [-0.2, 0) is 4.79 Å². The first kappa shape index (κ1) is 18.5. The van der Waals surface area contributed by atoms with Crippen molar-refractivity contribution in [1.82, 2.24) is 20.5 Å². The zero-order chi connectivity index (χ0) is 18.1. The molecule has 0 spiro atoms. The fourth-order valence-corrected chi connectivity index (χ4v) is 2.30. The van der Waals surface area contributed by atoms with Gasteiger partial charge in [-0.25, -0.2) is 0 Å². The number of carbonyl (C=O) groups is 2. The highest BCUT2D eigenvalue weighted by Crippen LogP contribution is 2.06. The lowest BCUT2D eigenvalue weighted by atomic mass is 10.3. The van der Waals surface area contributed by atoms with Crippen LogP contribution in [0.4, 0.5) is 0 Å². The first-order chi connectivity index (χ1) is 12.1. The lowest BCUT2D eigenvalue weighted by Crippen LogP contribution is -2.39. The predicted octanol–water partition coefficient (Wildman–Crippen LogP) is 1.84. The molecule has 2 rings (SSSR count). The SMILES string of the molecule is CCN(CC)CCNC(=O)C(=Cc1ccc[nH]1)NC(=O)c1ccco1. The molecule has 7 heteroatoms. The van der Waals surface area contributed by atoms with Crippen LogP contribution in [0, 0.1) is 0 Å². The highest BCUT2D eigenvalue weighted by atomic mass is 16.3. The molecule has 0 aliphatic carbocycles. The average Bonchev–Trinajstić information content (AvgIpc) is 3.31. The molecular formula is C18H24N4O3. The molecule has 0 saturated carbocycles. The molecule has 25 heavy (non-hydrogen) atoms. The molecule has 134 valence electrons. The van der Waals surface area contributed by atoms with Crippen molar-refractivity contribution >= 4 is 17.9 Å². The van der Waals surface area contributed by atoms with Crippen molar-refractivity contribution in [3.8, 4) is 0 Å². The average molecular weight is 344 g/mol. The van der Waals surface area contributed by atoms with Gasteiger partial charge in [-0.3, -0.25) is 9.59 Å². The van der Waals surface area contributed by atoms with Gasteiger partial charge in [-0.2, -0.15) is 0 Å². The van der Waals surface area contributed by atoms with Crippen molar-refractivity contribution in [3.05, 3.63) is 53.9 Å². The first-order valence-electron chi connectivity index (χ1n) is 8.34. The van der Waals surface area contributed by atoms with E-state index < -0.39 is 5.91 Å². The van der Waals surface area contributed by atoms with Gasteiger partial charge < -0.3 is 24.9 Å². The Balaban J connectivity index is 2.03. The molecule has 0 radical (unpaired) electrons. The van der Waals surface area contributed by atoms with Gasteiger partial charge in [0.1, 0.15) is 5.70 Å². The number of nitrogens with zero attached hydrogens (tertiary/aromatic N) is 1. The number of likely N-dealkylation sites (N-methyl/N-ethyl adjacent to an activating group) is 1. The van der Waals surface area contributed by atoms with Crippen LogP contribution in [0.1, 0.15) is 30.1 Å². The maximum Gasteiger partial charge on any atom is 0.291 e. The summed E-state index contributed by atoms with van der Waals surface area (Å²) in [6, 6.07) is 6.78. The molecule has 3 N–H and O–H groups in total. The molecule has 0 aliphatic heterocycles. The van der Waals surface area contributed by atoms with E-state index in [1.807, 2.05) is 12.1 Å². The largest absolute Gasteiger partial charge is 0.459 e. The smallest absolute Gasteiger partial charge is 0.291 e. The third kappa shape index (κ3) is 5.65. The van der Waals surface area contributed by atoms with Gasteiger partial charge in [0.15, 0.2) is 5.76 Å². The molecule has 2 aromatic heterocycles. The number of carbonyl (C=O) groups excluding carboxylic acids is 2. The minimum atomic E-state index is -0.471. The second kappa shape index (κ2) is 9.48. The lowest BCUT2D eigenvalue weighted by Gasteiger charge is -2.18. The van der Waals surface area contributed by atoms with E-state index in [4.69, 9.17) is 4.42 Å². The van der Waals surface area contributed by atoms with Crippen LogP contribution < -0.4 is 10.6 Å². The monoisotopic (exact) mass is 344 g/mol. The minimum Gasteiger partial charge on any atom is -0.459 e. The van der Waals surface area contributed by atoms with Gasteiger partial charge in [-0.1, -0.05) is 13.8 Å². The molecule has 0 bridgehead atoms. The second-order valence-electron chi connectivity index (χ2n) is 5.40. The van der Waals surface area contributed by atoms with E-state index in [1.54, 1.807) is 24.4 Å². The van der Waals surface area contributed by atoms with E-state index in [2.05, 4.69) is 34.4 Å². The van der Waals surface area contributed by atoms with Crippen LogP contribution in [0.3, 0.4) is 0 Å². The third-order valence-corrected chi connectivity index (χ3v) is 3.77. The molecule has 0 fully saturated rings. The molecule has 7 nitrogen and oxygen atoms in total. The zero-order valence-corrected chi connectivity index (χ0v) is 14.5. The Bertz CT molecular complexity index is 686. The van der Waals surface area contributed by atoms with Crippen LogP contribution in [0.25, 0.3) is 6.08 Å². The van der Waals surface area contributed by atoms with Crippen molar-refractivity contribution < 1.29 is 14.0 Å². The van der Waals surface area contributed by atoms with E-state index in [0.29, 0.717) is 12.2 Å². The Labute approximate surface area is 147 Å². The molecular weight excluding hydrogens is 320 g/mol. The summed E-state index contributed by atoms with van der Waals surface area (Å²) in [6.45, 7) is 7.25. The van der Waals surface area contributed by atoms with E-state index >= 15 is 0 Å². The summed E-state index contributed by atoms with van der Waals surface area (Å²) < 4.78 is 5.07. The highest BCUT2D eigenvalue weighted by molar-refractivity contribution is 6.04.